The van der Waals surface area contributed by atoms with Gasteiger partial charge in [-0.3, -0.25) is 0 Å². The van der Waals surface area contributed by atoms with Gasteiger partial charge in [0, 0.05) is 22.7 Å². The van der Waals surface area contributed by atoms with E-state index in [1.807, 2.05) is 18.2 Å². The summed E-state index contributed by atoms with van der Waals surface area (Å²) in [5.41, 5.74) is 0.776. The van der Waals surface area contributed by atoms with Gasteiger partial charge in [0.25, 0.3) is 0 Å². The lowest BCUT2D eigenvalue weighted by atomic mass is 10.1. The number of hydrogen-bond donors (Lipinski definition) is 5. The molecule has 0 saturated heterocycles. The minimum atomic E-state index is -0.557. The summed E-state index contributed by atoms with van der Waals surface area (Å²) in [7, 11) is 0. The molecule has 7 heteroatoms. The average Bonchev–Trinajstić information content (AvgIpc) is 2.47. The molecule has 0 aliphatic rings. The highest BCUT2D eigenvalue weighted by atomic mass is 35.5. The van der Waals surface area contributed by atoms with Crippen LogP contribution in [0.5, 0.6) is 0 Å². The van der Waals surface area contributed by atoms with E-state index in [1.165, 1.54) is 0 Å². The van der Waals surface area contributed by atoms with Crippen molar-refractivity contribution >= 4 is 11.6 Å². The molecule has 5 N–H and O–H groups in total. The minimum absolute atomic E-state index is 0.00222. The molecule has 0 saturated carbocycles. The molecular formula is C15H27ClN2O4. The number of benzene rings is 1. The summed E-state index contributed by atoms with van der Waals surface area (Å²) in [5.74, 6) is 0. The van der Waals surface area contributed by atoms with E-state index in [9.17, 15) is 5.11 Å². The van der Waals surface area contributed by atoms with Crippen molar-refractivity contribution in [2.24, 2.45) is 0 Å². The predicted octanol–water partition coefficient (Wildman–Crippen LogP) is 0.899. The fraction of sp³-hybridized carbons (Fsp3) is 0.600. The first-order valence-corrected chi connectivity index (χ1v) is 7.35. The molecule has 0 bridgehead atoms. The monoisotopic (exact) mass is 334 g/mol. The lowest BCUT2D eigenvalue weighted by Gasteiger charge is -2.23. The first-order chi connectivity index (χ1) is 10.2. The van der Waals surface area contributed by atoms with E-state index in [1.54, 1.807) is 6.07 Å². The Kier molecular flexibility index (Phi) is 10.5. The SMILES string of the molecule is CC(C)(C)NCC(O)c1ccccc1Cl.OCN(CO)CO. The molecule has 0 aliphatic heterocycles. The Labute approximate surface area is 137 Å². The smallest absolute Gasteiger partial charge is 0.0993 e. The Bertz CT molecular complexity index is 403. The number of nitrogens with one attached hydrogen (secondary N) is 1. The number of aliphatic hydroxyl groups is 4. The van der Waals surface area contributed by atoms with Crippen LogP contribution >= 0.6 is 11.6 Å². The molecule has 1 aromatic carbocycles. The number of β-amino-alcohol motifs (C(OH)–C–C–N with tert-alkyl or cyclic N) is 1. The van der Waals surface area contributed by atoms with Crippen LogP contribution in [0, 0.1) is 0 Å². The maximum absolute atomic E-state index is 9.92. The lowest BCUT2D eigenvalue weighted by molar-refractivity contribution is -0.0268. The van der Waals surface area contributed by atoms with E-state index in [0.717, 1.165) is 10.5 Å². The molecule has 6 nitrogen and oxygen atoms in total. The van der Waals surface area contributed by atoms with Crippen LogP contribution in [0.25, 0.3) is 0 Å². The largest absolute Gasteiger partial charge is 0.387 e. The van der Waals surface area contributed by atoms with Gasteiger partial charge < -0.3 is 25.7 Å². The van der Waals surface area contributed by atoms with Crippen LogP contribution in [0.3, 0.4) is 0 Å². The maximum Gasteiger partial charge on any atom is 0.0993 e. The van der Waals surface area contributed by atoms with Gasteiger partial charge in [-0.05, 0) is 26.8 Å². The van der Waals surface area contributed by atoms with Gasteiger partial charge in [0.2, 0.25) is 0 Å². The van der Waals surface area contributed by atoms with Gasteiger partial charge in [0.05, 0.1) is 26.3 Å². The highest BCUT2D eigenvalue weighted by Crippen LogP contribution is 2.22. The third-order valence-corrected chi connectivity index (χ3v) is 3.03. The Morgan fingerprint density at radius 1 is 1.09 bits per heavy atom. The summed E-state index contributed by atoms with van der Waals surface area (Å²) in [5, 5.41) is 38.2. The van der Waals surface area contributed by atoms with Crippen molar-refractivity contribution in [2.45, 2.75) is 32.4 Å². The summed E-state index contributed by atoms with van der Waals surface area (Å²) in [6, 6.07) is 7.37. The molecule has 0 heterocycles. The van der Waals surface area contributed by atoms with Crippen molar-refractivity contribution in [3.8, 4) is 0 Å². The lowest BCUT2D eigenvalue weighted by Crippen LogP contribution is -2.38. The van der Waals surface area contributed by atoms with Crippen molar-refractivity contribution in [1.29, 1.82) is 0 Å². The van der Waals surface area contributed by atoms with E-state index in [2.05, 4.69) is 26.1 Å². The quantitative estimate of drug-likeness (QED) is 0.496. The number of halogens is 1. The fourth-order valence-corrected chi connectivity index (χ4v) is 1.65. The molecule has 0 amide bonds. The van der Waals surface area contributed by atoms with Crippen LogP contribution in [0.4, 0.5) is 0 Å². The zero-order chi connectivity index (χ0) is 17.2. The molecule has 0 fully saturated rings. The molecule has 1 rings (SSSR count). The second-order valence-corrected chi connectivity index (χ2v) is 6.17. The highest BCUT2D eigenvalue weighted by Gasteiger charge is 2.15. The van der Waals surface area contributed by atoms with Crippen molar-refractivity contribution in [3.63, 3.8) is 0 Å². The minimum Gasteiger partial charge on any atom is -0.387 e. The molecule has 1 unspecified atom stereocenters. The first-order valence-electron chi connectivity index (χ1n) is 6.97. The summed E-state index contributed by atoms with van der Waals surface area (Å²) in [6.07, 6.45) is -0.557. The topological polar surface area (TPSA) is 96.2 Å². The van der Waals surface area contributed by atoms with Crippen LogP contribution in [-0.4, -0.2) is 57.6 Å². The summed E-state index contributed by atoms with van der Waals surface area (Å²) in [4.78, 5) is 1.04. The zero-order valence-electron chi connectivity index (χ0n) is 13.3. The summed E-state index contributed by atoms with van der Waals surface area (Å²) >= 11 is 5.98. The van der Waals surface area contributed by atoms with Crippen LogP contribution in [0.1, 0.15) is 32.4 Å². The predicted molar refractivity (Wildman–Crippen MR) is 87.3 cm³/mol. The molecule has 0 aliphatic carbocycles. The van der Waals surface area contributed by atoms with Crippen molar-refractivity contribution in [2.75, 3.05) is 26.7 Å². The molecule has 0 aromatic heterocycles. The first kappa shape index (κ1) is 21.3. The molecule has 1 atom stereocenters. The Hall–Kier alpha value is -0.730. The molecule has 0 radical (unpaired) electrons. The Balaban J connectivity index is 0.000000534. The highest BCUT2D eigenvalue weighted by molar-refractivity contribution is 6.31. The van der Waals surface area contributed by atoms with Gasteiger partial charge in [0.15, 0.2) is 0 Å². The van der Waals surface area contributed by atoms with Gasteiger partial charge in [-0.2, -0.15) is 0 Å². The number of hydrogen-bond acceptors (Lipinski definition) is 6. The maximum atomic E-state index is 9.92. The van der Waals surface area contributed by atoms with Crippen LogP contribution in [0.15, 0.2) is 24.3 Å². The summed E-state index contributed by atoms with van der Waals surface area (Å²) < 4.78 is 0. The van der Waals surface area contributed by atoms with Gasteiger partial charge >= 0.3 is 0 Å². The summed E-state index contributed by atoms with van der Waals surface area (Å²) in [6.45, 7) is 5.76. The number of aliphatic hydroxyl groups excluding tert-OH is 4. The number of rotatable bonds is 6. The van der Waals surface area contributed by atoms with Crippen molar-refractivity contribution < 1.29 is 20.4 Å². The zero-order valence-corrected chi connectivity index (χ0v) is 14.1. The van der Waals surface area contributed by atoms with Gasteiger partial charge in [-0.1, -0.05) is 29.8 Å². The van der Waals surface area contributed by atoms with E-state index >= 15 is 0 Å². The van der Waals surface area contributed by atoms with E-state index < -0.39 is 6.10 Å². The normalized spacial score (nSPS) is 12.8. The third kappa shape index (κ3) is 9.32. The van der Waals surface area contributed by atoms with Crippen molar-refractivity contribution in [3.05, 3.63) is 34.9 Å². The molecular weight excluding hydrogens is 308 g/mol. The van der Waals surface area contributed by atoms with E-state index in [0.29, 0.717) is 11.6 Å². The molecule has 0 spiro atoms. The second-order valence-electron chi connectivity index (χ2n) is 5.76. The van der Waals surface area contributed by atoms with Gasteiger partial charge in [-0.15, -0.1) is 0 Å². The van der Waals surface area contributed by atoms with Crippen LogP contribution in [0.2, 0.25) is 5.02 Å². The third-order valence-electron chi connectivity index (χ3n) is 2.69. The standard InChI is InChI=1S/C12H18ClNO.C3H9NO3/c1-12(2,3)14-8-11(15)9-6-4-5-7-10(9)13;5-1-4(2-6)3-7/h4-7,11,14-15H,8H2,1-3H3;5-7H,1-3H2. The van der Waals surface area contributed by atoms with Gasteiger partial charge in [-0.25, -0.2) is 4.90 Å². The Morgan fingerprint density at radius 2 is 1.59 bits per heavy atom. The van der Waals surface area contributed by atoms with Gasteiger partial charge in [0.1, 0.15) is 0 Å². The van der Waals surface area contributed by atoms with E-state index in [-0.39, 0.29) is 25.7 Å². The second kappa shape index (κ2) is 10.9. The van der Waals surface area contributed by atoms with Crippen LogP contribution < -0.4 is 5.32 Å². The average molecular weight is 335 g/mol. The molecule has 22 heavy (non-hydrogen) atoms. The van der Waals surface area contributed by atoms with Crippen LogP contribution in [-0.2, 0) is 0 Å². The van der Waals surface area contributed by atoms with E-state index in [4.69, 9.17) is 26.9 Å². The fourth-order valence-electron chi connectivity index (χ4n) is 1.39. The molecule has 1 aromatic rings. The van der Waals surface area contributed by atoms with Crippen molar-refractivity contribution in [1.82, 2.24) is 10.2 Å². The number of nitrogens with zero attached hydrogens (tertiary/aromatic N) is 1. The Morgan fingerprint density at radius 3 is 1.95 bits per heavy atom. The molecule has 128 valence electrons.